The minimum absolute atomic E-state index is 0.220. The Hall–Kier alpha value is -2.75. The Kier molecular flexibility index (Phi) is 3.18. The highest BCUT2D eigenvalue weighted by Gasteiger charge is 2.91. The number of ether oxygens (including phenoxy) is 2. The van der Waals surface area contributed by atoms with Crippen LogP contribution in [-0.2, 0) is 24.7 Å². The van der Waals surface area contributed by atoms with Crippen LogP contribution in [0.15, 0.2) is 30.4 Å². The lowest BCUT2D eigenvalue weighted by Gasteiger charge is -2.52. The van der Waals surface area contributed by atoms with E-state index < -0.39 is 63.5 Å². The molecule has 0 unspecified atom stereocenters. The molecule has 1 saturated heterocycles. The standard InChI is InChI=1S/C20H18O9/c1-9-8-17(25)14(16(24)28-9)19(26)10-4-2-5-11(21)13(10)15(23)20(17,27)18(19)7-3-6-12(22)29-18/h2-6,9,14,21,25-27H,7-8H2,1H3/t9-,14-,17-,18+,19-,20+/m1/s1. The number of phenols is 1. The molecule has 4 aliphatic rings. The van der Waals surface area contributed by atoms with Gasteiger partial charge >= 0.3 is 11.9 Å². The number of aromatic hydroxyl groups is 1. The van der Waals surface area contributed by atoms with Crippen molar-refractivity contribution in [2.24, 2.45) is 5.92 Å². The van der Waals surface area contributed by atoms with Crippen molar-refractivity contribution in [3.05, 3.63) is 41.5 Å². The van der Waals surface area contributed by atoms with Crippen LogP contribution in [0.3, 0.4) is 0 Å². The average molecular weight is 402 g/mol. The van der Waals surface area contributed by atoms with E-state index in [-0.39, 0.29) is 18.4 Å². The summed E-state index contributed by atoms with van der Waals surface area (Å²) in [6.45, 7) is 1.47. The summed E-state index contributed by atoms with van der Waals surface area (Å²) in [6, 6.07) is 3.81. The van der Waals surface area contributed by atoms with Crippen LogP contribution in [-0.4, -0.2) is 61.1 Å². The van der Waals surface area contributed by atoms with Crippen LogP contribution in [0.2, 0.25) is 0 Å². The fourth-order valence-electron chi connectivity index (χ4n) is 5.84. The number of carbonyl (C=O) groups is 3. The molecule has 5 rings (SSSR count). The summed E-state index contributed by atoms with van der Waals surface area (Å²) >= 11 is 0. The van der Waals surface area contributed by atoms with Crippen LogP contribution in [0.4, 0.5) is 0 Å². The zero-order chi connectivity index (χ0) is 21.0. The first kappa shape index (κ1) is 18.3. The quantitative estimate of drug-likeness (QED) is 0.419. The third-order valence-corrected chi connectivity index (χ3v) is 6.82. The second-order valence-electron chi connectivity index (χ2n) is 8.17. The van der Waals surface area contributed by atoms with Crippen molar-refractivity contribution in [1.29, 1.82) is 0 Å². The van der Waals surface area contributed by atoms with E-state index in [9.17, 15) is 34.8 Å². The van der Waals surface area contributed by atoms with Gasteiger partial charge in [0.1, 0.15) is 23.4 Å². The highest BCUT2D eigenvalue weighted by Crippen LogP contribution is 2.70. The zero-order valence-corrected chi connectivity index (χ0v) is 15.3. The van der Waals surface area contributed by atoms with Gasteiger partial charge in [0.15, 0.2) is 11.2 Å². The minimum Gasteiger partial charge on any atom is -0.507 e. The van der Waals surface area contributed by atoms with Gasteiger partial charge in [-0.2, -0.15) is 0 Å². The van der Waals surface area contributed by atoms with Crippen molar-refractivity contribution in [3.63, 3.8) is 0 Å². The molecule has 6 atom stereocenters. The molecule has 2 bridgehead atoms. The first-order chi connectivity index (χ1) is 13.5. The highest BCUT2D eigenvalue weighted by molar-refractivity contribution is 6.12. The average Bonchev–Trinajstić information content (AvgIpc) is 2.72. The number of aliphatic hydroxyl groups is 3. The third kappa shape index (κ3) is 1.64. The summed E-state index contributed by atoms with van der Waals surface area (Å²) < 4.78 is 10.6. The summed E-state index contributed by atoms with van der Waals surface area (Å²) in [7, 11) is 0. The Balaban J connectivity index is 1.96. The molecule has 4 N–H and O–H groups in total. The number of phenolic OH excluding ortho intramolecular Hbond substituents is 1. The number of esters is 2. The molecule has 2 heterocycles. The zero-order valence-electron chi connectivity index (χ0n) is 15.3. The van der Waals surface area contributed by atoms with E-state index in [1.54, 1.807) is 0 Å². The van der Waals surface area contributed by atoms with Gasteiger partial charge in [-0.25, -0.2) is 4.79 Å². The van der Waals surface area contributed by atoms with Gasteiger partial charge in [-0.3, -0.25) is 9.59 Å². The molecule has 152 valence electrons. The largest absolute Gasteiger partial charge is 0.507 e. The second kappa shape index (κ2) is 5.05. The van der Waals surface area contributed by atoms with Gasteiger partial charge in [-0.15, -0.1) is 0 Å². The normalized spacial score (nSPS) is 44.9. The topological polar surface area (TPSA) is 151 Å². The van der Waals surface area contributed by atoms with Gasteiger partial charge < -0.3 is 29.9 Å². The van der Waals surface area contributed by atoms with E-state index in [1.807, 2.05) is 0 Å². The number of fused-ring (bicyclic) bond motifs is 5. The van der Waals surface area contributed by atoms with Gasteiger partial charge in [0, 0.05) is 24.5 Å². The lowest BCUT2D eigenvalue weighted by molar-refractivity contribution is -0.240. The van der Waals surface area contributed by atoms with Crippen molar-refractivity contribution in [1.82, 2.24) is 0 Å². The number of ketones is 1. The van der Waals surface area contributed by atoms with Crippen molar-refractivity contribution in [2.45, 2.75) is 48.3 Å². The number of Topliss-reactive ketones (excluding diaryl/α,β-unsaturated/α-hetero) is 1. The van der Waals surface area contributed by atoms with Crippen LogP contribution in [0.5, 0.6) is 5.75 Å². The molecule has 1 aromatic rings. The maximum Gasteiger partial charge on any atom is 0.331 e. The Labute approximate surface area is 164 Å². The SMILES string of the molecule is C[C@@H]1C[C@@]2(O)[C@@H](C(=O)O1)[C@]1(O)c3cccc(O)c3C(=O)[C@@]2(O)[C@]12CC=CC(=O)O2. The first-order valence-corrected chi connectivity index (χ1v) is 9.19. The molecule has 1 saturated carbocycles. The highest BCUT2D eigenvalue weighted by atomic mass is 16.6. The molecule has 29 heavy (non-hydrogen) atoms. The van der Waals surface area contributed by atoms with E-state index in [1.165, 1.54) is 31.2 Å². The van der Waals surface area contributed by atoms with E-state index in [0.717, 1.165) is 6.08 Å². The van der Waals surface area contributed by atoms with E-state index in [0.29, 0.717) is 0 Å². The van der Waals surface area contributed by atoms with E-state index >= 15 is 0 Å². The summed E-state index contributed by atoms with van der Waals surface area (Å²) in [5.41, 5.74) is -11.0. The van der Waals surface area contributed by atoms with Crippen molar-refractivity contribution < 1.29 is 44.3 Å². The van der Waals surface area contributed by atoms with Gasteiger partial charge in [0.25, 0.3) is 0 Å². The Morgan fingerprint density at radius 3 is 2.55 bits per heavy atom. The molecule has 2 fully saturated rings. The van der Waals surface area contributed by atoms with E-state index in [2.05, 4.69) is 0 Å². The maximum atomic E-state index is 13.6. The number of cyclic esters (lactones) is 1. The molecule has 1 spiro atoms. The van der Waals surface area contributed by atoms with E-state index in [4.69, 9.17) is 9.47 Å². The lowest BCUT2D eigenvalue weighted by atomic mass is 9.61. The Morgan fingerprint density at radius 2 is 1.86 bits per heavy atom. The molecule has 2 aliphatic carbocycles. The molecule has 2 aliphatic heterocycles. The molecular formula is C20H18O9. The molecule has 0 amide bonds. The molecule has 9 nitrogen and oxygen atoms in total. The summed E-state index contributed by atoms with van der Waals surface area (Å²) in [4.78, 5) is 38.7. The van der Waals surface area contributed by atoms with Gasteiger partial charge in [0.05, 0.1) is 5.56 Å². The number of rotatable bonds is 0. The lowest BCUT2D eigenvalue weighted by Crippen LogP contribution is -2.74. The maximum absolute atomic E-state index is 13.6. The molecular weight excluding hydrogens is 384 g/mol. The monoisotopic (exact) mass is 402 g/mol. The number of carbonyl (C=O) groups excluding carboxylic acids is 3. The molecule has 0 aromatic heterocycles. The number of hydrogen-bond acceptors (Lipinski definition) is 9. The van der Waals surface area contributed by atoms with Crippen LogP contribution in [0, 0.1) is 5.92 Å². The third-order valence-electron chi connectivity index (χ3n) is 6.82. The minimum atomic E-state index is -2.90. The van der Waals surface area contributed by atoms with Crippen LogP contribution in [0.25, 0.3) is 0 Å². The second-order valence-corrected chi connectivity index (χ2v) is 8.17. The van der Waals surface area contributed by atoms with Gasteiger partial charge in [-0.1, -0.05) is 18.2 Å². The fourth-order valence-corrected chi connectivity index (χ4v) is 5.84. The van der Waals surface area contributed by atoms with Crippen molar-refractivity contribution in [3.8, 4) is 5.75 Å². The van der Waals surface area contributed by atoms with Crippen molar-refractivity contribution >= 4 is 17.7 Å². The molecule has 1 aromatic carbocycles. The van der Waals surface area contributed by atoms with Crippen LogP contribution < -0.4 is 0 Å². The van der Waals surface area contributed by atoms with Crippen molar-refractivity contribution in [2.75, 3.05) is 0 Å². The van der Waals surface area contributed by atoms with Gasteiger partial charge in [-0.05, 0) is 13.0 Å². The summed E-state index contributed by atoms with van der Waals surface area (Å²) in [6.07, 6.45) is 0.762. The molecule has 9 heteroatoms. The smallest absolute Gasteiger partial charge is 0.331 e. The van der Waals surface area contributed by atoms with Crippen LogP contribution in [0.1, 0.15) is 35.7 Å². The van der Waals surface area contributed by atoms with Gasteiger partial charge in [0.2, 0.25) is 11.4 Å². The summed E-state index contributed by atoms with van der Waals surface area (Å²) in [5.74, 6) is -5.50. The Morgan fingerprint density at radius 1 is 1.14 bits per heavy atom. The predicted octanol–water partition coefficient (Wildman–Crippen LogP) is -0.555. The number of hydrogen-bond donors (Lipinski definition) is 4. The molecule has 0 radical (unpaired) electrons. The predicted molar refractivity (Wildman–Crippen MR) is 92.5 cm³/mol. The summed E-state index contributed by atoms with van der Waals surface area (Å²) in [5, 5.41) is 45.8. The first-order valence-electron chi connectivity index (χ1n) is 9.19. The van der Waals surface area contributed by atoms with Crippen LogP contribution >= 0.6 is 0 Å². The number of benzene rings is 1. The Bertz CT molecular complexity index is 1030. The fraction of sp³-hybridized carbons (Fsp3) is 0.450.